The molecule has 1 aromatic heterocycles. The van der Waals surface area contributed by atoms with Gasteiger partial charge in [0.1, 0.15) is 0 Å². The number of hydrogen-bond acceptors (Lipinski definition) is 5. The van der Waals surface area contributed by atoms with Crippen molar-refractivity contribution in [1.29, 1.82) is 0 Å². The van der Waals surface area contributed by atoms with E-state index in [0.717, 1.165) is 0 Å². The van der Waals surface area contributed by atoms with E-state index in [2.05, 4.69) is 15.5 Å². The zero-order chi connectivity index (χ0) is 9.90. The van der Waals surface area contributed by atoms with Crippen molar-refractivity contribution < 1.29 is 9.63 Å². The van der Waals surface area contributed by atoms with Crippen LogP contribution in [-0.4, -0.2) is 27.4 Å². The number of hydrogen-bond donors (Lipinski definition) is 2. The molecule has 74 valence electrons. The first-order chi connectivity index (χ1) is 6.03. The molecule has 5 heteroatoms. The SMILES string of the molecule is Cc1noc(NC(C)(C)CCO)n1. The third kappa shape index (κ3) is 3.02. The Morgan fingerprint density at radius 1 is 1.54 bits per heavy atom. The summed E-state index contributed by atoms with van der Waals surface area (Å²) in [6.45, 7) is 5.81. The number of nitrogens with one attached hydrogen (secondary N) is 1. The first-order valence-corrected chi connectivity index (χ1v) is 4.23. The van der Waals surface area contributed by atoms with Crippen LogP contribution in [0.1, 0.15) is 26.1 Å². The number of rotatable bonds is 4. The summed E-state index contributed by atoms with van der Waals surface area (Å²) in [7, 11) is 0. The van der Waals surface area contributed by atoms with Gasteiger partial charge in [0.25, 0.3) is 0 Å². The van der Waals surface area contributed by atoms with Gasteiger partial charge >= 0.3 is 6.01 Å². The van der Waals surface area contributed by atoms with Gasteiger partial charge in [-0.05, 0) is 27.2 Å². The van der Waals surface area contributed by atoms with E-state index < -0.39 is 0 Å². The van der Waals surface area contributed by atoms with Gasteiger partial charge in [0.2, 0.25) is 0 Å². The second-order valence-corrected chi connectivity index (χ2v) is 3.63. The van der Waals surface area contributed by atoms with Crippen molar-refractivity contribution >= 4 is 6.01 Å². The lowest BCUT2D eigenvalue weighted by Crippen LogP contribution is -2.32. The molecule has 1 rings (SSSR count). The van der Waals surface area contributed by atoms with E-state index in [1.807, 2.05) is 13.8 Å². The van der Waals surface area contributed by atoms with Gasteiger partial charge in [-0.3, -0.25) is 0 Å². The lowest BCUT2D eigenvalue weighted by molar-refractivity contribution is 0.258. The molecule has 0 radical (unpaired) electrons. The Hall–Kier alpha value is -1.10. The molecule has 1 aromatic rings. The van der Waals surface area contributed by atoms with Crippen molar-refractivity contribution in [1.82, 2.24) is 10.1 Å². The van der Waals surface area contributed by atoms with Crippen LogP contribution < -0.4 is 5.32 Å². The van der Waals surface area contributed by atoms with Crippen LogP contribution in [-0.2, 0) is 0 Å². The molecular weight excluding hydrogens is 170 g/mol. The maximum absolute atomic E-state index is 8.78. The monoisotopic (exact) mass is 185 g/mol. The van der Waals surface area contributed by atoms with E-state index in [1.165, 1.54) is 0 Å². The molecule has 5 nitrogen and oxygen atoms in total. The third-order valence-corrected chi connectivity index (χ3v) is 1.71. The average Bonchev–Trinajstić information content (AvgIpc) is 2.34. The van der Waals surface area contributed by atoms with Crippen LogP contribution in [0, 0.1) is 6.92 Å². The van der Waals surface area contributed by atoms with Crippen LogP contribution in [0.5, 0.6) is 0 Å². The molecule has 2 N–H and O–H groups in total. The van der Waals surface area contributed by atoms with Gasteiger partial charge in [0.15, 0.2) is 5.82 Å². The fourth-order valence-corrected chi connectivity index (χ4v) is 0.979. The molecule has 0 unspecified atom stereocenters. The summed E-state index contributed by atoms with van der Waals surface area (Å²) < 4.78 is 4.89. The summed E-state index contributed by atoms with van der Waals surface area (Å²) in [5, 5.41) is 15.5. The molecule has 0 aromatic carbocycles. The standard InChI is InChI=1S/C8H15N3O2/c1-6-9-7(13-11-6)10-8(2,3)4-5-12/h12H,4-5H2,1-3H3,(H,9,10,11). The summed E-state index contributed by atoms with van der Waals surface area (Å²) >= 11 is 0. The Kier molecular flexibility index (Phi) is 2.87. The molecule has 13 heavy (non-hydrogen) atoms. The molecular formula is C8H15N3O2. The summed E-state index contributed by atoms with van der Waals surface area (Å²) in [6, 6.07) is 0.399. The van der Waals surface area contributed by atoms with Crippen LogP contribution in [0.15, 0.2) is 4.52 Å². The van der Waals surface area contributed by atoms with Crippen molar-refractivity contribution in [2.24, 2.45) is 0 Å². The molecule has 0 aliphatic heterocycles. The highest BCUT2D eigenvalue weighted by molar-refractivity contribution is 5.23. The van der Waals surface area contributed by atoms with Gasteiger partial charge in [0.05, 0.1) is 0 Å². The third-order valence-electron chi connectivity index (χ3n) is 1.71. The van der Waals surface area contributed by atoms with Crippen LogP contribution in [0.25, 0.3) is 0 Å². The number of anilines is 1. The van der Waals surface area contributed by atoms with Crippen molar-refractivity contribution in [3.05, 3.63) is 5.82 Å². The number of nitrogens with zero attached hydrogens (tertiary/aromatic N) is 2. The van der Waals surface area contributed by atoms with E-state index in [4.69, 9.17) is 9.63 Å². The van der Waals surface area contributed by atoms with Crippen LogP contribution in [0.2, 0.25) is 0 Å². The Morgan fingerprint density at radius 3 is 2.69 bits per heavy atom. The Bertz CT molecular complexity index is 270. The van der Waals surface area contributed by atoms with Gasteiger partial charge in [-0.1, -0.05) is 5.16 Å². The number of aliphatic hydroxyl groups excluding tert-OH is 1. The molecule has 0 aliphatic rings. The maximum atomic E-state index is 8.78. The molecule has 0 fully saturated rings. The molecule has 0 amide bonds. The van der Waals surface area contributed by atoms with Gasteiger partial charge < -0.3 is 14.9 Å². The molecule has 0 saturated heterocycles. The predicted molar refractivity (Wildman–Crippen MR) is 48.4 cm³/mol. The average molecular weight is 185 g/mol. The highest BCUT2D eigenvalue weighted by Crippen LogP contribution is 2.15. The molecule has 0 aliphatic carbocycles. The summed E-state index contributed by atoms with van der Waals surface area (Å²) in [5.74, 6) is 0.599. The molecule has 0 saturated carbocycles. The zero-order valence-electron chi connectivity index (χ0n) is 8.16. The minimum absolute atomic E-state index is 0.132. The van der Waals surface area contributed by atoms with Gasteiger partial charge in [0, 0.05) is 12.1 Å². The van der Waals surface area contributed by atoms with Crippen molar-refractivity contribution in [2.75, 3.05) is 11.9 Å². The Balaban J connectivity index is 2.57. The minimum Gasteiger partial charge on any atom is -0.396 e. The number of aryl methyl sites for hydroxylation is 1. The highest BCUT2D eigenvalue weighted by Gasteiger charge is 2.19. The summed E-state index contributed by atoms with van der Waals surface area (Å²) in [5.41, 5.74) is -0.228. The Labute approximate surface area is 77.2 Å². The molecule has 0 bridgehead atoms. The fourth-order valence-electron chi connectivity index (χ4n) is 0.979. The highest BCUT2D eigenvalue weighted by atomic mass is 16.5. The van der Waals surface area contributed by atoms with Crippen molar-refractivity contribution in [2.45, 2.75) is 32.7 Å². The smallest absolute Gasteiger partial charge is 0.321 e. The predicted octanol–water partition coefficient (Wildman–Crippen LogP) is 0.951. The minimum atomic E-state index is -0.228. The molecule has 1 heterocycles. The van der Waals surface area contributed by atoms with Crippen LogP contribution >= 0.6 is 0 Å². The van der Waals surface area contributed by atoms with Crippen molar-refractivity contribution in [3.63, 3.8) is 0 Å². The van der Waals surface area contributed by atoms with Crippen LogP contribution in [0.4, 0.5) is 6.01 Å². The maximum Gasteiger partial charge on any atom is 0.321 e. The normalized spacial score (nSPS) is 11.7. The quantitative estimate of drug-likeness (QED) is 0.730. The second kappa shape index (κ2) is 3.74. The fraction of sp³-hybridized carbons (Fsp3) is 0.750. The zero-order valence-corrected chi connectivity index (χ0v) is 8.16. The van der Waals surface area contributed by atoms with E-state index in [9.17, 15) is 0 Å². The summed E-state index contributed by atoms with van der Waals surface area (Å²) in [4.78, 5) is 4.01. The van der Waals surface area contributed by atoms with E-state index in [1.54, 1.807) is 6.92 Å². The topological polar surface area (TPSA) is 71.2 Å². The summed E-state index contributed by atoms with van der Waals surface area (Å²) in [6.07, 6.45) is 0.633. The van der Waals surface area contributed by atoms with Gasteiger partial charge in [-0.15, -0.1) is 0 Å². The van der Waals surface area contributed by atoms with Crippen LogP contribution in [0.3, 0.4) is 0 Å². The lowest BCUT2D eigenvalue weighted by atomic mass is 10.0. The lowest BCUT2D eigenvalue weighted by Gasteiger charge is -2.23. The molecule has 0 atom stereocenters. The van der Waals surface area contributed by atoms with Gasteiger partial charge in [-0.25, -0.2) is 0 Å². The largest absolute Gasteiger partial charge is 0.396 e. The van der Waals surface area contributed by atoms with E-state index >= 15 is 0 Å². The van der Waals surface area contributed by atoms with E-state index in [0.29, 0.717) is 18.3 Å². The van der Waals surface area contributed by atoms with Crippen molar-refractivity contribution in [3.8, 4) is 0 Å². The first-order valence-electron chi connectivity index (χ1n) is 4.23. The first kappa shape index (κ1) is 9.98. The second-order valence-electron chi connectivity index (χ2n) is 3.63. The number of aromatic nitrogens is 2. The Morgan fingerprint density at radius 2 is 2.23 bits per heavy atom. The number of aliphatic hydroxyl groups is 1. The molecule has 0 spiro atoms. The van der Waals surface area contributed by atoms with E-state index in [-0.39, 0.29) is 12.1 Å². The van der Waals surface area contributed by atoms with Gasteiger partial charge in [-0.2, -0.15) is 4.98 Å².